The number of imide groups is 1. The smallest absolute Gasteiger partial charge is 0.259 e. The van der Waals surface area contributed by atoms with E-state index in [1.165, 1.54) is 11.8 Å². The van der Waals surface area contributed by atoms with Crippen molar-refractivity contribution >= 4 is 28.4 Å². The van der Waals surface area contributed by atoms with Crippen molar-refractivity contribution in [3.8, 4) is 11.5 Å². The quantitative estimate of drug-likeness (QED) is 0.312. The van der Waals surface area contributed by atoms with Gasteiger partial charge in [-0.3, -0.25) is 14.5 Å². The number of hydrogen-bond donors (Lipinski definition) is 1. The number of methoxy groups -OCH3 is 1. The predicted octanol–water partition coefficient (Wildman–Crippen LogP) is 6.05. The molecule has 2 amide bonds. The van der Waals surface area contributed by atoms with E-state index < -0.39 is 5.92 Å². The minimum Gasteiger partial charge on any atom is -0.497 e. The molecule has 0 radical (unpaired) electrons. The van der Waals surface area contributed by atoms with Gasteiger partial charge in [-0.1, -0.05) is 36.4 Å². The molecule has 0 saturated carbocycles. The highest BCUT2D eigenvalue weighted by atomic mass is 16.5. The van der Waals surface area contributed by atoms with Gasteiger partial charge in [-0.25, -0.2) is 0 Å². The molecule has 7 heteroatoms. The van der Waals surface area contributed by atoms with Crippen molar-refractivity contribution in [2.24, 2.45) is 0 Å². The summed E-state index contributed by atoms with van der Waals surface area (Å²) < 4.78 is 13.9. The highest BCUT2D eigenvalue weighted by molar-refractivity contribution is 6.11. The largest absolute Gasteiger partial charge is 0.497 e. The molecule has 3 aromatic carbocycles. The summed E-state index contributed by atoms with van der Waals surface area (Å²) in [5, 5.41) is 4.64. The Bertz CT molecular complexity index is 1650. The molecule has 1 aromatic heterocycles. The monoisotopic (exact) mass is 535 g/mol. The van der Waals surface area contributed by atoms with Crippen LogP contribution in [0.3, 0.4) is 0 Å². The Morgan fingerprint density at radius 2 is 1.80 bits per heavy atom. The molecule has 2 aliphatic heterocycles. The van der Waals surface area contributed by atoms with Crippen LogP contribution in [0, 0.1) is 0 Å². The van der Waals surface area contributed by atoms with Gasteiger partial charge < -0.3 is 19.4 Å². The van der Waals surface area contributed by atoms with Gasteiger partial charge in [-0.2, -0.15) is 0 Å². The number of carbonyl (C=O) groups excluding carboxylic acids is 2. The first-order chi connectivity index (χ1) is 19.4. The van der Waals surface area contributed by atoms with E-state index in [9.17, 15) is 9.59 Å². The molecular formula is C33H33N3O4. The van der Waals surface area contributed by atoms with Crippen molar-refractivity contribution in [3.05, 3.63) is 101 Å². The first-order valence-electron chi connectivity index (χ1n) is 13.7. The summed E-state index contributed by atoms with van der Waals surface area (Å²) in [5.74, 6) is 0.628. The molecule has 0 spiro atoms. The standard InChI is InChI=1S/C33H33N3O4/c1-20(2)35-18-25-30(24-8-5-6-11-29(24)40-17-16-22-12-14-23(39-4)15-13-22)32-27(19-36(21(3)37)33(32)38)34-26-9-7-10-28(35)31(25)26/h5-15,18,20,30,34H,16-17,19H2,1-4H3. The van der Waals surface area contributed by atoms with E-state index in [4.69, 9.17) is 9.47 Å². The fourth-order valence-electron chi connectivity index (χ4n) is 5.90. The Morgan fingerprint density at radius 1 is 1.02 bits per heavy atom. The minimum absolute atomic E-state index is 0.226. The van der Waals surface area contributed by atoms with E-state index in [1.54, 1.807) is 7.11 Å². The molecule has 204 valence electrons. The predicted molar refractivity (Wildman–Crippen MR) is 156 cm³/mol. The van der Waals surface area contributed by atoms with E-state index in [-0.39, 0.29) is 24.4 Å². The van der Waals surface area contributed by atoms with Crippen LogP contribution in [-0.4, -0.2) is 41.5 Å². The molecular weight excluding hydrogens is 502 g/mol. The first-order valence-corrected chi connectivity index (χ1v) is 13.7. The maximum Gasteiger partial charge on any atom is 0.259 e. The third kappa shape index (κ3) is 4.31. The lowest BCUT2D eigenvalue weighted by atomic mass is 9.84. The van der Waals surface area contributed by atoms with E-state index in [2.05, 4.69) is 36.0 Å². The molecule has 7 nitrogen and oxygen atoms in total. The van der Waals surface area contributed by atoms with Crippen LogP contribution in [0.4, 0.5) is 5.69 Å². The Kier molecular flexibility index (Phi) is 6.58. The van der Waals surface area contributed by atoms with Crippen LogP contribution >= 0.6 is 0 Å². The Balaban J connectivity index is 1.45. The second kappa shape index (κ2) is 10.2. The van der Waals surface area contributed by atoms with Crippen molar-refractivity contribution in [2.75, 3.05) is 25.6 Å². The number of rotatable bonds is 7. The topological polar surface area (TPSA) is 72.8 Å². The second-order valence-corrected chi connectivity index (χ2v) is 10.6. The molecule has 0 aliphatic carbocycles. The summed E-state index contributed by atoms with van der Waals surface area (Å²) in [4.78, 5) is 27.6. The van der Waals surface area contributed by atoms with Gasteiger partial charge in [-0.05, 0) is 55.3 Å². The molecule has 0 saturated heterocycles. The van der Waals surface area contributed by atoms with Crippen LogP contribution in [-0.2, 0) is 16.0 Å². The number of carbonyl (C=O) groups is 2. The van der Waals surface area contributed by atoms with Crippen LogP contribution in [0.25, 0.3) is 10.9 Å². The second-order valence-electron chi connectivity index (χ2n) is 10.6. The van der Waals surface area contributed by atoms with E-state index in [1.807, 2.05) is 60.7 Å². The number of amides is 2. The number of hydrogen-bond acceptors (Lipinski definition) is 5. The van der Waals surface area contributed by atoms with Crippen molar-refractivity contribution in [1.82, 2.24) is 9.47 Å². The fraction of sp³-hybridized carbons (Fsp3) is 0.273. The third-order valence-electron chi connectivity index (χ3n) is 7.86. The van der Waals surface area contributed by atoms with Gasteiger partial charge in [0.2, 0.25) is 5.91 Å². The molecule has 0 bridgehead atoms. The number of anilines is 1. The maximum absolute atomic E-state index is 13.8. The van der Waals surface area contributed by atoms with Crippen LogP contribution in [0.2, 0.25) is 0 Å². The Hall–Kier alpha value is -4.52. The van der Waals surface area contributed by atoms with Gasteiger partial charge in [0.05, 0.1) is 31.4 Å². The number of nitrogens with one attached hydrogen (secondary N) is 1. The van der Waals surface area contributed by atoms with Gasteiger partial charge in [0.25, 0.3) is 5.91 Å². The van der Waals surface area contributed by atoms with E-state index in [0.29, 0.717) is 12.2 Å². The molecule has 40 heavy (non-hydrogen) atoms. The summed E-state index contributed by atoms with van der Waals surface area (Å²) in [6.45, 7) is 6.46. The summed E-state index contributed by atoms with van der Waals surface area (Å²) >= 11 is 0. The average molecular weight is 536 g/mol. The highest BCUT2D eigenvalue weighted by Crippen LogP contribution is 2.48. The van der Waals surface area contributed by atoms with Crippen LogP contribution < -0.4 is 14.8 Å². The van der Waals surface area contributed by atoms with Gasteiger partial charge in [0.1, 0.15) is 11.5 Å². The first kappa shape index (κ1) is 25.7. The zero-order valence-corrected chi connectivity index (χ0v) is 23.2. The zero-order chi connectivity index (χ0) is 28.0. The molecule has 1 N–H and O–H groups in total. The lowest BCUT2D eigenvalue weighted by Gasteiger charge is -2.22. The molecule has 0 fully saturated rings. The third-order valence-corrected chi connectivity index (χ3v) is 7.86. The Labute approximate surface area is 234 Å². The summed E-state index contributed by atoms with van der Waals surface area (Å²) in [7, 11) is 1.66. The Morgan fingerprint density at radius 3 is 2.52 bits per heavy atom. The van der Waals surface area contributed by atoms with E-state index >= 15 is 0 Å². The lowest BCUT2D eigenvalue weighted by molar-refractivity contribution is -0.139. The zero-order valence-electron chi connectivity index (χ0n) is 23.2. The van der Waals surface area contributed by atoms with Crippen molar-refractivity contribution < 1.29 is 19.1 Å². The van der Waals surface area contributed by atoms with Gasteiger partial charge >= 0.3 is 0 Å². The van der Waals surface area contributed by atoms with Crippen LogP contribution in [0.5, 0.6) is 11.5 Å². The van der Waals surface area contributed by atoms with Gasteiger partial charge in [0, 0.05) is 53.8 Å². The number of para-hydroxylation sites is 1. The summed E-state index contributed by atoms with van der Waals surface area (Å²) in [6, 6.07) is 22.3. The molecule has 4 aromatic rings. The number of benzene rings is 3. The minimum atomic E-state index is -0.400. The SMILES string of the molecule is COc1ccc(CCOc2ccccc2C2C3=C(CN(C(C)=O)C3=O)Nc3cccc4c3c2cn4C(C)C)cc1. The molecule has 1 unspecified atom stereocenters. The molecule has 1 atom stereocenters. The normalized spacial score (nSPS) is 16.3. The van der Waals surface area contributed by atoms with Crippen molar-refractivity contribution in [3.63, 3.8) is 0 Å². The summed E-state index contributed by atoms with van der Waals surface area (Å²) in [6.07, 6.45) is 2.89. The number of aromatic nitrogens is 1. The average Bonchev–Trinajstić information content (AvgIpc) is 3.45. The van der Waals surface area contributed by atoms with Crippen molar-refractivity contribution in [1.29, 1.82) is 0 Å². The van der Waals surface area contributed by atoms with Crippen LogP contribution in [0.15, 0.2) is 84.2 Å². The highest BCUT2D eigenvalue weighted by Gasteiger charge is 2.42. The van der Waals surface area contributed by atoms with Gasteiger partial charge in [0.15, 0.2) is 0 Å². The summed E-state index contributed by atoms with van der Waals surface area (Å²) in [5.41, 5.74) is 6.49. The van der Waals surface area contributed by atoms with E-state index in [0.717, 1.165) is 56.9 Å². The van der Waals surface area contributed by atoms with Crippen LogP contribution in [0.1, 0.15) is 49.4 Å². The van der Waals surface area contributed by atoms with Gasteiger partial charge in [-0.15, -0.1) is 0 Å². The lowest BCUT2D eigenvalue weighted by Crippen LogP contribution is -2.33. The fourth-order valence-corrected chi connectivity index (χ4v) is 5.90. The molecule has 3 heterocycles. The van der Waals surface area contributed by atoms with Crippen molar-refractivity contribution in [2.45, 2.75) is 39.2 Å². The maximum atomic E-state index is 13.8. The number of nitrogens with zero attached hydrogens (tertiary/aromatic N) is 2. The number of ether oxygens (including phenoxy) is 2. The molecule has 2 aliphatic rings. The molecule has 6 rings (SSSR count).